The van der Waals surface area contributed by atoms with Crippen LogP contribution in [0.1, 0.15) is 6.42 Å². The van der Waals surface area contributed by atoms with Crippen LogP contribution in [0.5, 0.6) is 0 Å². The van der Waals surface area contributed by atoms with Gasteiger partial charge in [0, 0.05) is 12.3 Å². The number of aliphatic hydroxyl groups is 3. The van der Waals surface area contributed by atoms with E-state index in [9.17, 15) is 0 Å². The number of hydrogen-bond donors (Lipinski definition) is 3. The molecule has 0 aliphatic heterocycles. The molecule has 0 spiro atoms. The normalized spacial score (nSPS) is 13.2. The van der Waals surface area contributed by atoms with Gasteiger partial charge >= 0.3 is 0 Å². The quantitative estimate of drug-likeness (QED) is 0.337. The summed E-state index contributed by atoms with van der Waals surface area (Å²) in [6, 6.07) is 0. The number of terminal acetylenes is 1. The van der Waals surface area contributed by atoms with Crippen molar-refractivity contribution in [1.29, 1.82) is 0 Å². The molecule has 0 aromatic rings. The molecule has 52 valence electrons. The highest BCUT2D eigenvalue weighted by Crippen LogP contribution is 2.03. The summed E-state index contributed by atoms with van der Waals surface area (Å²) in [5.41, 5.74) is 0. The second-order valence-corrected chi connectivity index (χ2v) is 1.76. The minimum Gasteiger partial charge on any atom is -0.396 e. The predicted octanol–water partition coefficient (Wildman–Crippen LogP) is -1.07. The Morgan fingerprint density at radius 2 is 2.00 bits per heavy atom. The molecule has 9 heavy (non-hydrogen) atoms. The van der Waals surface area contributed by atoms with Crippen molar-refractivity contribution in [3.05, 3.63) is 0 Å². The molecule has 3 nitrogen and oxygen atoms in total. The Labute approximate surface area is 53.9 Å². The van der Waals surface area contributed by atoms with Gasteiger partial charge < -0.3 is 15.3 Å². The van der Waals surface area contributed by atoms with E-state index in [4.69, 9.17) is 21.7 Å². The molecule has 0 saturated carbocycles. The Morgan fingerprint density at radius 1 is 1.44 bits per heavy atom. The summed E-state index contributed by atoms with van der Waals surface area (Å²) >= 11 is 0. The Bertz CT molecular complexity index is 103. The standard InChI is InChI=1S/C6H10O3/c1-2-3-5(4-7)6(8)9/h1,5-9H,3-4H2. The van der Waals surface area contributed by atoms with Gasteiger partial charge in [0.2, 0.25) is 0 Å². The molecule has 1 unspecified atom stereocenters. The molecule has 0 amide bonds. The van der Waals surface area contributed by atoms with Gasteiger partial charge in [0.05, 0.1) is 6.61 Å². The second-order valence-electron chi connectivity index (χ2n) is 1.76. The molecule has 0 fully saturated rings. The zero-order chi connectivity index (χ0) is 7.28. The Hall–Kier alpha value is -0.560. The van der Waals surface area contributed by atoms with Gasteiger partial charge in [-0.3, -0.25) is 0 Å². The molecule has 3 N–H and O–H groups in total. The van der Waals surface area contributed by atoms with E-state index >= 15 is 0 Å². The second kappa shape index (κ2) is 4.33. The van der Waals surface area contributed by atoms with Gasteiger partial charge in [-0.15, -0.1) is 12.3 Å². The smallest absolute Gasteiger partial charge is 0.157 e. The molecular weight excluding hydrogens is 120 g/mol. The van der Waals surface area contributed by atoms with E-state index in [0.717, 1.165) is 0 Å². The first-order valence-corrected chi connectivity index (χ1v) is 2.62. The summed E-state index contributed by atoms with van der Waals surface area (Å²) in [5, 5.41) is 25.3. The van der Waals surface area contributed by atoms with Gasteiger partial charge in [0.1, 0.15) is 0 Å². The summed E-state index contributed by atoms with van der Waals surface area (Å²) in [6.07, 6.45) is 3.54. The summed E-state index contributed by atoms with van der Waals surface area (Å²) in [6.45, 7) is -0.290. The molecule has 0 rings (SSSR count). The van der Waals surface area contributed by atoms with Gasteiger partial charge in [0.25, 0.3) is 0 Å². The molecule has 0 aliphatic rings. The van der Waals surface area contributed by atoms with Gasteiger partial charge in [-0.2, -0.15) is 0 Å². The van der Waals surface area contributed by atoms with E-state index in [0.29, 0.717) is 0 Å². The van der Waals surface area contributed by atoms with Crippen LogP contribution in [0.15, 0.2) is 0 Å². The van der Waals surface area contributed by atoms with Gasteiger partial charge in [-0.25, -0.2) is 0 Å². The molecule has 0 aromatic carbocycles. The Kier molecular flexibility index (Phi) is 4.06. The lowest BCUT2D eigenvalue weighted by molar-refractivity contribution is -0.0945. The maximum atomic E-state index is 8.44. The fourth-order valence-electron chi connectivity index (χ4n) is 0.416. The lowest BCUT2D eigenvalue weighted by Crippen LogP contribution is -2.22. The highest BCUT2D eigenvalue weighted by Gasteiger charge is 2.12. The summed E-state index contributed by atoms with van der Waals surface area (Å²) in [4.78, 5) is 0. The van der Waals surface area contributed by atoms with Crippen molar-refractivity contribution < 1.29 is 15.3 Å². The molecular formula is C6H10O3. The SMILES string of the molecule is C#CCC(CO)C(O)O. The van der Waals surface area contributed by atoms with Crippen molar-refractivity contribution in [1.82, 2.24) is 0 Å². The van der Waals surface area contributed by atoms with Crippen LogP contribution in [-0.4, -0.2) is 28.2 Å². The maximum absolute atomic E-state index is 8.44. The van der Waals surface area contributed by atoms with Gasteiger partial charge in [0.15, 0.2) is 6.29 Å². The van der Waals surface area contributed by atoms with Crippen molar-refractivity contribution in [3.8, 4) is 12.3 Å². The molecule has 0 bridgehead atoms. The summed E-state index contributed by atoms with van der Waals surface area (Å²) in [7, 11) is 0. The number of hydrogen-bond acceptors (Lipinski definition) is 3. The lowest BCUT2D eigenvalue weighted by atomic mass is 10.1. The fraction of sp³-hybridized carbons (Fsp3) is 0.667. The fourth-order valence-corrected chi connectivity index (χ4v) is 0.416. The first-order chi connectivity index (χ1) is 4.22. The third-order valence-corrected chi connectivity index (χ3v) is 1.04. The van der Waals surface area contributed by atoms with Crippen molar-refractivity contribution in [2.75, 3.05) is 6.61 Å². The van der Waals surface area contributed by atoms with Crippen LogP contribution in [0.3, 0.4) is 0 Å². The average molecular weight is 130 g/mol. The highest BCUT2D eigenvalue weighted by molar-refractivity contribution is 4.87. The first kappa shape index (κ1) is 8.44. The third-order valence-electron chi connectivity index (χ3n) is 1.04. The zero-order valence-corrected chi connectivity index (χ0v) is 4.99. The minimum absolute atomic E-state index is 0.189. The molecule has 0 radical (unpaired) electrons. The van der Waals surface area contributed by atoms with Crippen molar-refractivity contribution in [3.63, 3.8) is 0 Å². The first-order valence-electron chi connectivity index (χ1n) is 2.62. The number of aliphatic hydroxyl groups excluding tert-OH is 2. The predicted molar refractivity (Wildman–Crippen MR) is 32.3 cm³/mol. The molecule has 0 saturated heterocycles. The van der Waals surface area contributed by atoms with E-state index < -0.39 is 12.2 Å². The van der Waals surface area contributed by atoms with Crippen LogP contribution in [0, 0.1) is 18.3 Å². The van der Waals surface area contributed by atoms with Crippen molar-refractivity contribution in [2.24, 2.45) is 5.92 Å². The third kappa shape index (κ3) is 3.09. The topological polar surface area (TPSA) is 60.7 Å². The van der Waals surface area contributed by atoms with Crippen molar-refractivity contribution >= 4 is 0 Å². The van der Waals surface area contributed by atoms with Crippen molar-refractivity contribution in [2.45, 2.75) is 12.7 Å². The average Bonchev–Trinajstić information content (AvgIpc) is 1.82. The zero-order valence-electron chi connectivity index (χ0n) is 4.99. The summed E-state index contributed by atoms with van der Waals surface area (Å²) in [5.74, 6) is 1.62. The van der Waals surface area contributed by atoms with Crippen LogP contribution in [0.25, 0.3) is 0 Å². The molecule has 0 aliphatic carbocycles. The van der Waals surface area contributed by atoms with E-state index in [1.165, 1.54) is 0 Å². The van der Waals surface area contributed by atoms with Gasteiger partial charge in [-0.05, 0) is 0 Å². The minimum atomic E-state index is -1.51. The van der Waals surface area contributed by atoms with Crippen LogP contribution in [0.2, 0.25) is 0 Å². The molecule has 0 heterocycles. The molecule has 1 atom stereocenters. The largest absolute Gasteiger partial charge is 0.396 e. The lowest BCUT2D eigenvalue weighted by Gasteiger charge is -2.11. The van der Waals surface area contributed by atoms with Crippen LogP contribution in [-0.2, 0) is 0 Å². The van der Waals surface area contributed by atoms with E-state index in [2.05, 4.69) is 5.92 Å². The molecule has 3 heteroatoms. The van der Waals surface area contributed by atoms with Crippen LogP contribution < -0.4 is 0 Å². The van der Waals surface area contributed by atoms with Crippen LogP contribution in [0.4, 0.5) is 0 Å². The van der Waals surface area contributed by atoms with E-state index in [1.54, 1.807) is 0 Å². The Morgan fingerprint density at radius 3 is 2.11 bits per heavy atom. The molecule has 0 aromatic heterocycles. The van der Waals surface area contributed by atoms with E-state index in [-0.39, 0.29) is 13.0 Å². The van der Waals surface area contributed by atoms with Crippen LogP contribution >= 0.6 is 0 Å². The maximum Gasteiger partial charge on any atom is 0.157 e. The monoisotopic (exact) mass is 130 g/mol. The number of rotatable bonds is 3. The van der Waals surface area contributed by atoms with E-state index in [1.807, 2.05) is 0 Å². The Balaban J connectivity index is 3.57. The summed E-state index contributed by atoms with van der Waals surface area (Å²) < 4.78 is 0. The highest BCUT2D eigenvalue weighted by atomic mass is 16.5. The van der Waals surface area contributed by atoms with Gasteiger partial charge in [-0.1, -0.05) is 0 Å².